The molecule has 4 nitrogen and oxygen atoms in total. The van der Waals surface area contributed by atoms with Crippen molar-refractivity contribution >= 4 is 16.6 Å². The zero-order valence-electron chi connectivity index (χ0n) is 6.98. The quantitative estimate of drug-likeness (QED) is 0.514. The van der Waals surface area contributed by atoms with E-state index in [2.05, 4.69) is 4.98 Å². The highest BCUT2D eigenvalue weighted by Crippen LogP contribution is 2.25. The van der Waals surface area contributed by atoms with E-state index < -0.39 is 10.7 Å². The average molecular weight is 192 g/mol. The maximum absolute atomic E-state index is 13.1. The Kier molecular flexibility index (Phi) is 1.85. The molecule has 0 radical (unpaired) electrons. The predicted octanol–water partition coefficient (Wildman–Crippen LogP) is 2.28. The summed E-state index contributed by atoms with van der Waals surface area (Å²) in [6.45, 7) is 0. The molecular weight excluding hydrogens is 187 g/mol. The maximum atomic E-state index is 13.1. The normalized spacial score (nSPS) is 10.4. The SMILES string of the molecule is O=[N+]([O-])c1ccc(F)c2ncccc12. The topological polar surface area (TPSA) is 56.0 Å². The molecule has 0 aliphatic carbocycles. The minimum Gasteiger partial charge on any atom is -0.258 e. The number of benzene rings is 1. The van der Waals surface area contributed by atoms with E-state index in [9.17, 15) is 14.5 Å². The molecule has 0 saturated carbocycles. The highest BCUT2D eigenvalue weighted by Gasteiger charge is 2.14. The van der Waals surface area contributed by atoms with Crippen molar-refractivity contribution in [2.75, 3.05) is 0 Å². The van der Waals surface area contributed by atoms with Crippen molar-refractivity contribution in [3.05, 3.63) is 46.4 Å². The van der Waals surface area contributed by atoms with Crippen LogP contribution in [-0.4, -0.2) is 9.91 Å². The summed E-state index contributed by atoms with van der Waals surface area (Å²) in [5.74, 6) is -0.550. The van der Waals surface area contributed by atoms with E-state index in [0.29, 0.717) is 0 Å². The molecule has 5 heteroatoms. The van der Waals surface area contributed by atoms with E-state index >= 15 is 0 Å². The standard InChI is InChI=1S/C9H5FN2O2/c10-7-3-4-8(12(13)14)6-2-1-5-11-9(6)7/h1-5H. The van der Waals surface area contributed by atoms with Gasteiger partial charge < -0.3 is 0 Å². The zero-order chi connectivity index (χ0) is 10.1. The molecule has 0 amide bonds. The molecular formula is C9H5FN2O2. The van der Waals surface area contributed by atoms with Crippen LogP contribution in [0.4, 0.5) is 10.1 Å². The van der Waals surface area contributed by atoms with Gasteiger partial charge in [0, 0.05) is 12.3 Å². The van der Waals surface area contributed by atoms with Crippen molar-refractivity contribution in [1.29, 1.82) is 0 Å². The predicted molar refractivity (Wildman–Crippen MR) is 48.4 cm³/mol. The fourth-order valence-electron chi connectivity index (χ4n) is 1.28. The molecule has 14 heavy (non-hydrogen) atoms. The Bertz CT molecular complexity index is 513. The monoisotopic (exact) mass is 192 g/mol. The van der Waals surface area contributed by atoms with Gasteiger partial charge in [-0.3, -0.25) is 15.1 Å². The van der Waals surface area contributed by atoms with Crippen molar-refractivity contribution in [1.82, 2.24) is 4.98 Å². The Morgan fingerprint density at radius 2 is 2.14 bits per heavy atom. The van der Waals surface area contributed by atoms with Gasteiger partial charge in [0.05, 0.1) is 10.3 Å². The van der Waals surface area contributed by atoms with Gasteiger partial charge in [0.25, 0.3) is 5.69 Å². The van der Waals surface area contributed by atoms with Gasteiger partial charge in [-0.05, 0) is 18.2 Å². The van der Waals surface area contributed by atoms with Crippen LogP contribution in [0, 0.1) is 15.9 Å². The minimum absolute atomic E-state index is 0.0294. The number of rotatable bonds is 1. The van der Waals surface area contributed by atoms with Crippen LogP contribution in [0.5, 0.6) is 0 Å². The van der Waals surface area contributed by atoms with E-state index in [1.54, 1.807) is 0 Å². The van der Waals surface area contributed by atoms with Crippen molar-refractivity contribution in [3.8, 4) is 0 Å². The summed E-state index contributed by atoms with van der Waals surface area (Å²) in [5, 5.41) is 10.8. The number of halogens is 1. The van der Waals surface area contributed by atoms with Crippen molar-refractivity contribution < 1.29 is 9.31 Å². The zero-order valence-corrected chi connectivity index (χ0v) is 6.98. The van der Waals surface area contributed by atoms with Crippen molar-refractivity contribution in [3.63, 3.8) is 0 Å². The van der Waals surface area contributed by atoms with Crippen LogP contribution in [0.3, 0.4) is 0 Å². The Balaban J connectivity index is 2.88. The maximum Gasteiger partial charge on any atom is 0.278 e. The van der Waals surface area contributed by atoms with Gasteiger partial charge in [-0.25, -0.2) is 4.39 Å². The first-order valence-corrected chi connectivity index (χ1v) is 3.88. The summed E-state index contributed by atoms with van der Waals surface area (Å²) < 4.78 is 13.1. The third-order valence-corrected chi connectivity index (χ3v) is 1.89. The number of non-ortho nitro benzene ring substituents is 1. The molecule has 1 aromatic heterocycles. The van der Waals surface area contributed by atoms with Crippen molar-refractivity contribution in [2.24, 2.45) is 0 Å². The second-order valence-electron chi connectivity index (χ2n) is 2.72. The third-order valence-electron chi connectivity index (χ3n) is 1.89. The van der Waals surface area contributed by atoms with Crippen LogP contribution < -0.4 is 0 Å². The lowest BCUT2D eigenvalue weighted by atomic mass is 10.2. The number of nitro groups is 1. The fraction of sp³-hybridized carbons (Fsp3) is 0. The number of pyridine rings is 1. The number of nitro benzene ring substituents is 1. The van der Waals surface area contributed by atoms with Gasteiger partial charge in [0.15, 0.2) is 0 Å². The number of nitrogens with zero attached hydrogens (tertiary/aromatic N) is 2. The molecule has 0 aliphatic heterocycles. The summed E-state index contributed by atoms with van der Waals surface area (Å²) in [7, 11) is 0. The number of hydrogen-bond acceptors (Lipinski definition) is 3. The van der Waals surface area contributed by atoms with Crippen molar-refractivity contribution in [2.45, 2.75) is 0 Å². The molecule has 0 aliphatic rings. The Morgan fingerprint density at radius 1 is 1.36 bits per heavy atom. The number of fused-ring (bicyclic) bond motifs is 1. The Labute approximate surface area is 78.2 Å². The smallest absolute Gasteiger partial charge is 0.258 e. The number of hydrogen-bond donors (Lipinski definition) is 0. The lowest BCUT2D eigenvalue weighted by molar-refractivity contribution is -0.383. The molecule has 2 aromatic rings. The van der Waals surface area contributed by atoms with Gasteiger partial charge in [0.2, 0.25) is 0 Å². The molecule has 1 heterocycles. The molecule has 0 unspecified atom stereocenters. The average Bonchev–Trinajstić information content (AvgIpc) is 2.18. The van der Waals surface area contributed by atoms with Crippen LogP contribution in [0.25, 0.3) is 10.9 Å². The molecule has 0 saturated heterocycles. The second kappa shape index (κ2) is 3.02. The largest absolute Gasteiger partial charge is 0.278 e. The molecule has 0 bridgehead atoms. The second-order valence-corrected chi connectivity index (χ2v) is 2.72. The fourth-order valence-corrected chi connectivity index (χ4v) is 1.28. The highest BCUT2D eigenvalue weighted by molar-refractivity contribution is 5.87. The summed E-state index contributed by atoms with van der Waals surface area (Å²) in [4.78, 5) is 13.8. The van der Waals surface area contributed by atoms with E-state index in [0.717, 1.165) is 12.1 Å². The summed E-state index contributed by atoms with van der Waals surface area (Å²) >= 11 is 0. The van der Waals surface area contributed by atoms with E-state index in [4.69, 9.17) is 0 Å². The van der Waals surface area contributed by atoms with Gasteiger partial charge >= 0.3 is 0 Å². The molecule has 0 fully saturated rings. The first-order valence-electron chi connectivity index (χ1n) is 3.88. The molecule has 0 atom stereocenters. The van der Waals surface area contributed by atoms with E-state index in [1.807, 2.05) is 0 Å². The third kappa shape index (κ3) is 1.19. The molecule has 70 valence electrons. The van der Waals surface area contributed by atoms with Crippen LogP contribution in [0.15, 0.2) is 30.5 Å². The first kappa shape index (κ1) is 8.55. The summed E-state index contributed by atoms with van der Waals surface area (Å²) in [5.41, 5.74) is -0.101. The van der Waals surface area contributed by atoms with Crippen LogP contribution in [0.1, 0.15) is 0 Å². The molecule has 0 N–H and O–H groups in total. The summed E-state index contributed by atoms with van der Waals surface area (Å²) in [6.07, 6.45) is 1.40. The van der Waals surface area contributed by atoms with Gasteiger partial charge in [-0.2, -0.15) is 0 Å². The van der Waals surface area contributed by atoms with Gasteiger partial charge in [-0.15, -0.1) is 0 Å². The van der Waals surface area contributed by atoms with Crippen LogP contribution in [0.2, 0.25) is 0 Å². The molecule has 1 aromatic carbocycles. The van der Waals surface area contributed by atoms with Gasteiger partial charge in [0.1, 0.15) is 11.3 Å². The Hall–Kier alpha value is -2.04. The highest BCUT2D eigenvalue weighted by atomic mass is 19.1. The Morgan fingerprint density at radius 3 is 2.86 bits per heavy atom. The first-order chi connectivity index (χ1) is 6.70. The molecule has 0 spiro atoms. The molecule has 2 rings (SSSR count). The lowest BCUT2D eigenvalue weighted by Gasteiger charge is -1.98. The van der Waals surface area contributed by atoms with E-state index in [1.165, 1.54) is 18.3 Å². The van der Waals surface area contributed by atoms with E-state index in [-0.39, 0.29) is 16.6 Å². The minimum atomic E-state index is -0.552. The lowest BCUT2D eigenvalue weighted by Crippen LogP contribution is -1.92. The van der Waals surface area contributed by atoms with Gasteiger partial charge in [-0.1, -0.05) is 0 Å². The summed E-state index contributed by atoms with van der Waals surface area (Å²) in [6, 6.07) is 5.20. The van der Waals surface area contributed by atoms with Crippen LogP contribution in [-0.2, 0) is 0 Å². The van der Waals surface area contributed by atoms with Crippen LogP contribution >= 0.6 is 0 Å². The number of aromatic nitrogens is 1.